The molecular weight excluding hydrogens is 476 g/mol. The Morgan fingerprint density at radius 3 is 2.55 bits per heavy atom. The molecule has 1 N–H and O–H groups in total. The molecule has 103 valence electrons. The Labute approximate surface area is 141 Å². The van der Waals surface area contributed by atoms with E-state index in [1.165, 1.54) is 24.9 Å². The van der Waals surface area contributed by atoms with Crippen molar-refractivity contribution in [1.82, 2.24) is 5.32 Å². The Balaban J connectivity index is 2.78. The summed E-state index contributed by atoms with van der Waals surface area (Å²) in [5.74, 6) is 1.92. The summed E-state index contributed by atoms with van der Waals surface area (Å²) in [4.78, 5) is 12.1. The number of nitrogens with one attached hydrogen (secondary N) is 1. The molecule has 1 aromatic carbocycles. The average Bonchev–Trinajstić information content (AvgIpc) is 2.48. The van der Waals surface area contributed by atoms with E-state index in [1.807, 2.05) is 18.8 Å². The number of carbonyl (C=O) groups is 1. The molecule has 5 heteroatoms. The molecule has 0 aromatic heterocycles. The first-order valence-corrected chi connectivity index (χ1v) is 9.47. The first-order valence-electron chi connectivity index (χ1n) is 6.23. The number of hydrogen-bond donors (Lipinski definition) is 1. The first-order chi connectivity index (χ1) is 9.62. The van der Waals surface area contributed by atoms with Gasteiger partial charge in [0.25, 0.3) is 0 Å². The van der Waals surface area contributed by atoms with Crippen LogP contribution in [0.15, 0.2) is 36.2 Å². The molecule has 0 spiro atoms. The van der Waals surface area contributed by atoms with Crippen molar-refractivity contribution in [1.29, 1.82) is 0 Å². The molecule has 1 aromatic rings. The maximum atomic E-state index is 12.1. The van der Waals surface area contributed by atoms with Crippen molar-refractivity contribution in [2.45, 2.75) is 20.3 Å². The van der Waals surface area contributed by atoms with Gasteiger partial charge in [0, 0.05) is 0 Å². The molecule has 0 saturated carbocycles. The van der Waals surface area contributed by atoms with E-state index in [9.17, 15) is 4.79 Å². The second-order valence-corrected chi connectivity index (χ2v) is 6.87. The summed E-state index contributed by atoms with van der Waals surface area (Å²) in [7, 11) is 0.915. The molecule has 0 bridgehead atoms. The third-order valence-electron chi connectivity index (χ3n) is 2.57. The molecule has 1 amide bonds. The zero-order valence-electron chi connectivity index (χ0n) is 11.5. The Kier molecular flexibility index (Phi) is 8.42. The van der Waals surface area contributed by atoms with Crippen LogP contribution >= 0.6 is 8.20 Å². The molecule has 0 aliphatic heterocycles. The van der Waals surface area contributed by atoms with E-state index in [2.05, 4.69) is 53.5 Å². The first kappa shape index (κ1) is 17.7. The second kappa shape index (κ2) is 9.53. The van der Waals surface area contributed by atoms with Crippen molar-refractivity contribution in [3.8, 4) is 0 Å². The third kappa shape index (κ3) is 5.54. The van der Waals surface area contributed by atoms with Crippen LogP contribution in [0.3, 0.4) is 0 Å². The maximum absolute atomic E-state index is 12.1. The number of amides is 1. The minimum atomic E-state index is -0.0324. The quantitative estimate of drug-likeness (QED) is 0.608. The summed E-state index contributed by atoms with van der Waals surface area (Å²) in [6.07, 6.45) is 2.97. The van der Waals surface area contributed by atoms with Gasteiger partial charge in [-0.25, -0.2) is 0 Å². The van der Waals surface area contributed by atoms with E-state index in [1.54, 1.807) is 4.73 Å². The van der Waals surface area contributed by atoms with Gasteiger partial charge < -0.3 is 0 Å². The van der Waals surface area contributed by atoms with Crippen LogP contribution in [0.1, 0.15) is 25.0 Å². The molecule has 20 heavy (non-hydrogen) atoms. The fourth-order valence-electron chi connectivity index (χ4n) is 1.44. The van der Waals surface area contributed by atoms with E-state index in [0.717, 1.165) is 29.5 Å². The molecule has 0 radical (unpaired) electrons. The Morgan fingerprint density at radius 1 is 1.40 bits per heavy atom. The standard InChI is InChI=1S/C15H16NOP.V.W/c1-4-10-18-12(3)15(17)16-11-14-8-6-13(5-2)7-9-14;;/h3-4,6-10H,5H2,1-2H3,(H,16,17);;. The van der Waals surface area contributed by atoms with Gasteiger partial charge in [-0.1, -0.05) is 0 Å². The number of carbonyl (C=O) groups excluding carboxylic acids is 1. The fraction of sp³-hybridized carbons (Fsp3) is 0.200. The van der Waals surface area contributed by atoms with E-state index < -0.39 is 0 Å². The van der Waals surface area contributed by atoms with E-state index in [0.29, 0.717) is 0 Å². The summed E-state index contributed by atoms with van der Waals surface area (Å²) < 4.78 is 2.76. The van der Waals surface area contributed by atoms with Crippen molar-refractivity contribution < 1.29 is 41.1 Å². The molecule has 0 heterocycles. The Bertz CT molecular complexity index is 564. The zero-order chi connectivity index (χ0) is 15.0. The minimum absolute atomic E-state index is 0.0324. The van der Waals surface area contributed by atoms with Crippen LogP contribution in [0.5, 0.6) is 0 Å². The normalized spacial score (nSPS) is 11.3. The van der Waals surface area contributed by atoms with Crippen molar-refractivity contribution in [2.75, 3.05) is 0 Å². The molecular formula is C15H16NOPVW. The monoisotopic (exact) mass is 492 g/mol. The van der Waals surface area contributed by atoms with Crippen LogP contribution in [0.25, 0.3) is 0 Å². The third-order valence-corrected chi connectivity index (χ3v) is 5.57. The molecule has 2 nitrogen and oxygen atoms in total. The van der Waals surface area contributed by atoms with Crippen molar-refractivity contribution in [3.05, 3.63) is 47.3 Å². The molecule has 0 unspecified atom stereocenters. The predicted octanol–water partition coefficient (Wildman–Crippen LogP) is 2.39. The van der Waals surface area contributed by atoms with Crippen molar-refractivity contribution >= 4 is 28.2 Å². The zero-order valence-corrected chi connectivity index (χ0v) is 16.7. The van der Waals surface area contributed by atoms with Crippen LogP contribution in [-0.4, -0.2) is 20.0 Å². The van der Waals surface area contributed by atoms with Crippen LogP contribution < -0.4 is 5.32 Å². The van der Waals surface area contributed by atoms with Gasteiger partial charge in [0.05, 0.1) is 0 Å². The molecule has 0 aliphatic carbocycles. The summed E-state index contributed by atoms with van der Waals surface area (Å²) in [6, 6.07) is 8.35. The van der Waals surface area contributed by atoms with Gasteiger partial charge in [0.15, 0.2) is 0 Å². The number of aryl methyl sites for hydroxylation is 1. The van der Waals surface area contributed by atoms with Gasteiger partial charge in [-0.05, 0) is 0 Å². The van der Waals surface area contributed by atoms with Crippen LogP contribution in [0.4, 0.5) is 0 Å². The predicted molar refractivity (Wildman–Crippen MR) is 80.9 cm³/mol. The average molecular weight is 492 g/mol. The molecule has 1 rings (SSSR count). The molecule has 0 saturated heterocycles. The van der Waals surface area contributed by atoms with Crippen LogP contribution in [0, 0.1) is 0 Å². The summed E-state index contributed by atoms with van der Waals surface area (Å²) in [6.45, 7) is 4.08. The summed E-state index contributed by atoms with van der Waals surface area (Å²) >= 11 is 3.60. The molecule has 0 aliphatic rings. The molecule has 0 fully saturated rings. The summed E-state index contributed by atoms with van der Waals surface area (Å²) in [5, 5.41) is 3.73. The number of rotatable bonds is 6. The fourth-order valence-corrected chi connectivity index (χ4v) is 3.30. The van der Waals surface area contributed by atoms with Crippen LogP contribution in [0.2, 0.25) is 0 Å². The SMILES string of the molecule is CC=CP=C([CH]=[V])C(=O)N[C](=[W])c1ccc(CC)cc1. The van der Waals surface area contributed by atoms with Gasteiger partial charge in [-0.15, -0.1) is 0 Å². The van der Waals surface area contributed by atoms with Crippen LogP contribution in [-0.2, 0) is 47.5 Å². The number of hydrogen-bond acceptors (Lipinski definition) is 1. The van der Waals surface area contributed by atoms with Crippen molar-refractivity contribution in [3.63, 3.8) is 0 Å². The Morgan fingerprint density at radius 2 is 2.05 bits per heavy atom. The Hall–Kier alpha value is -0.387. The number of benzene rings is 1. The summed E-state index contributed by atoms with van der Waals surface area (Å²) in [5.41, 5.74) is 2.39. The molecule has 0 atom stereocenters. The second-order valence-electron chi connectivity index (χ2n) is 3.96. The van der Waals surface area contributed by atoms with Gasteiger partial charge in [0.2, 0.25) is 0 Å². The van der Waals surface area contributed by atoms with E-state index in [4.69, 9.17) is 0 Å². The number of allylic oxidation sites excluding steroid dienone is 1. The van der Waals surface area contributed by atoms with E-state index >= 15 is 0 Å². The van der Waals surface area contributed by atoms with Gasteiger partial charge in [-0.2, -0.15) is 0 Å². The van der Waals surface area contributed by atoms with E-state index in [-0.39, 0.29) is 5.91 Å². The van der Waals surface area contributed by atoms with Gasteiger partial charge >= 0.3 is 142 Å². The topological polar surface area (TPSA) is 29.1 Å². The van der Waals surface area contributed by atoms with Crippen molar-refractivity contribution in [2.24, 2.45) is 0 Å². The van der Waals surface area contributed by atoms with Gasteiger partial charge in [0.1, 0.15) is 0 Å². The van der Waals surface area contributed by atoms with Gasteiger partial charge in [-0.3, -0.25) is 0 Å².